The summed E-state index contributed by atoms with van der Waals surface area (Å²) in [7, 11) is 4.04. The average molecular weight is 448 g/mol. The normalized spacial score (nSPS) is 14.5. The number of fused-ring (bicyclic) bond motifs is 1. The van der Waals surface area contributed by atoms with Crippen LogP contribution in [0.25, 0.3) is 16.6 Å². The van der Waals surface area contributed by atoms with Gasteiger partial charge < -0.3 is 19.5 Å². The highest BCUT2D eigenvalue weighted by Gasteiger charge is 2.24. The van der Waals surface area contributed by atoms with Crippen LogP contribution >= 0.6 is 0 Å². The Morgan fingerprint density at radius 1 is 1.24 bits per heavy atom. The Hall–Kier alpha value is -3.19. The molecule has 1 N–H and O–H groups in total. The first-order valence-electron chi connectivity index (χ1n) is 11.5. The smallest absolute Gasteiger partial charge is 0.225 e. The van der Waals surface area contributed by atoms with E-state index in [1.54, 1.807) is 20.2 Å². The molecule has 0 unspecified atom stereocenters. The maximum atomic E-state index is 12.4. The van der Waals surface area contributed by atoms with Gasteiger partial charge in [-0.3, -0.25) is 4.79 Å². The minimum Gasteiger partial charge on any atom is -0.390 e. The fourth-order valence-electron chi connectivity index (χ4n) is 4.36. The number of rotatable bonds is 6. The number of carbonyl (C=O) groups is 1. The van der Waals surface area contributed by atoms with Gasteiger partial charge in [0.2, 0.25) is 5.91 Å². The number of anilines is 2. The molecule has 3 heterocycles. The minimum absolute atomic E-state index is 0.00177. The Bertz CT molecular complexity index is 1210. The summed E-state index contributed by atoms with van der Waals surface area (Å²) in [6, 6.07) is 8.65. The van der Waals surface area contributed by atoms with Crippen molar-refractivity contribution in [3.63, 3.8) is 0 Å². The number of aliphatic hydroxyl groups is 1. The average Bonchev–Trinajstić information content (AvgIpc) is 3.17. The zero-order chi connectivity index (χ0) is 23.8. The molecule has 0 bridgehead atoms. The summed E-state index contributed by atoms with van der Waals surface area (Å²) >= 11 is 0. The number of nitrogens with zero attached hydrogens (tertiary/aromatic N) is 5. The second-order valence-electron chi connectivity index (χ2n) is 9.45. The standard InChI is InChI=1S/C26H33N5O2/c1-6-18-13-20(19-9-11-31(12-10-19)25(32)15-26(2,3)33)7-8-22(18)30(5)24-14-23-21(16-27-24)28-17-29(23)4/h7-9,13-14,16-17,33H,6,10-12,15H2,1-5H3. The molecule has 0 radical (unpaired) electrons. The van der Waals surface area contributed by atoms with E-state index < -0.39 is 5.60 Å². The lowest BCUT2D eigenvalue weighted by atomic mass is 9.95. The molecule has 7 nitrogen and oxygen atoms in total. The molecule has 174 valence electrons. The molecule has 1 aliphatic heterocycles. The fraction of sp³-hybridized carbons (Fsp3) is 0.423. The molecule has 0 fully saturated rings. The Kier molecular flexibility index (Phi) is 6.26. The molecule has 0 aliphatic carbocycles. The highest BCUT2D eigenvalue weighted by atomic mass is 16.3. The lowest BCUT2D eigenvalue weighted by Crippen LogP contribution is -2.38. The molecular formula is C26H33N5O2. The highest BCUT2D eigenvalue weighted by molar-refractivity contribution is 5.81. The quantitative estimate of drug-likeness (QED) is 0.616. The summed E-state index contributed by atoms with van der Waals surface area (Å²) in [5.74, 6) is 0.883. The van der Waals surface area contributed by atoms with Crippen molar-refractivity contribution >= 4 is 34.0 Å². The molecule has 33 heavy (non-hydrogen) atoms. The second-order valence-corrected chi connectivity index (χ2v) is 9.45. The molecule has 0 saturated carbocycles. The van der Waals surface area contributed by atoms with Crippen LogP contribution in [0.1, 0.15) is 44.7 Å². The number of hydrogen-bond donors (Lipinski definition) is 1. The predicted octanol–water partition coefficient (Wildman–Crippen LogP) is 4.08. The van der Waals surface area contributed by atoms with Crippen LogP contribution < -0.4 is 4.90 Å². The molecule has 4 rings (SSSR count). The van der Waals surface area contributed by atoms with Gasteiger partial charge in [0.05, 0.1) is 30.1 Å². The molecule has 0 spiro atoms. The summed E-state index contributed by atoms with van der Waals surface area (Å²) in [6.07, 6.45) is 7.63. The zero-order valence-electron chi connectivity index (χ0n) is 20.2. The van der Waals surface area contributed by atoms with Crippen molar-refractivity contribution in [1.82, 2.24) is 19.4 Å². The number of imidazole rings is 1. The van der Waals surface area contributed by atoms with E-state index in [9.17, 15) is 9.90 Å². The number of hydrogen-bond acceptors (Lipinski definition) is 5. The van der Waals surface area contributed by atoms with Crippen molar-refractivity contribution in [3.05, 3.63) is 54.0 Å². The third kappa shape index (κ3) is 4.93. The summed E-state index contributed by atoms with van der Waals surface area (Å²) in [4.78, 5) is 25.3. The van der Waals surface area contributed by atoms with Gasteiger partial charge in [-0.05, 0) is 55.5 Å². The maximum Gasteiger partial charge on any atom is 0.225 e. The van der Waals surface area contributed by atoms with Crippen molar-refractivity contribution in [1.29, 1.82) is 0 Å². The van der Waals surface area contributed by atoms with Crippen LogP contribution in [0.4, 0.5) is 11.5 Å². The lowest BCUT2D eigenvalue weighted by Gasteiger charge is -2.29. The first-order chi connectivity index (χ1) is 15.7. The van der Waals surface area contributed by atoms with Gasteiger partial charge in [-0.15, -0.1) is 0 Å². The third-order valence-corrected chi connectivity index (χ3v) is 6.28. The van der Waals surface area contributed by atoms with E-state index in [0.29, 0.717) is 13.1 Å². The van der Waals surface area contributed by atoms with E-state index >= 15 is 0 Å². The first kappa shape index (κ1) is 23.0. The monoisotopic (exact) mass is 447 g/mol. The van der Waals surface area contributed by atoms with Gasteiger partial charge in [-0.2, -0.15) is 0 Å². The van der Waals surface area contributed by atoms with Crippen molar-refractivity contribution in [2.45, 2.75) is 45.6 Å². The summed E-state index contributed by atoms with van der Waals surface area (Å²) in [5.41, 5.74) is 5.82. The number of benzene rings is 1. The Balaban J connectivity index is 1.54. The van der Waals surface area contributed by atoms with E-state index in [1.807, 2.05) is 29.8 Å². The molecule has 1 aliphatic rings. The molecular weight excluding hydrogens is 414 g/mol. The number of aromatic nitrogens is 3. The van der Waals surface area contributed by atoms with Crippen LogP contribution in [-0.4, -0.2) is 56.2 Å². The van der Waals surface area contributed by atoms with Crippen LogP contribution in [0.5, 0.6) is 0 Å². The van der Waals surface area contributed by atoms with Gasteiger partial charge >= 0.3 is 0 Å². The Morgan fingerprint density at radius 3 is 2.70 bits per heavy atom. The molecule has 7 heteroatoms. The van der Waals surface area contributed by atoms with E-state index in [4.69, 9.17) is 0 Å². The van der Waals surface area contributed by atoms with E-state index in [-0.39, 0.29) is 12.3 Å². The molecule has 2 aromatic heterocycles. The summed E-state index contributed by atoms with van der Waals surface area (Å²) < 4.78 is 2.00. The largest absolute Gasteiger partial charge is 0.390 e. The van der Waals surface area contributed by atoms with E-state index in [1.165, 1.54) is 16.7 Å². The van der Waals surface area contributed by atoms with Gasteiger partial charge in [-0.25, -0.2) is 9.97 Å². The fourth-order valence-corrected chi connectivity index (χ4v) is 4.36. The Morgan fingerprint density at radius 2 is 2.03 bits per heavy atom. The van der Waals surface area contributed by atoms with E-state index in [2.05, 4.69) is 52.1 Å². The molecule has 0 saturated heterocycles. The summed E-state index contributed by atoms with van der Waals surface area (Å²) in [6.45, 7) is 6.78. The predicted molar refractivity (Wildman–Crippen MR) is 132 cm³/mol. The van der Waals surface area contributed by atoms with Crippen molar-refractivity contribution in [3.8, 4) is 0 Å². The number of carbonyl (C=O) groups excluding carboxylic acids is 1. The van der Waals surface area contributed by atoms with Crippen LogP contribution in [0.3, 0.4) is 0 Å². The van der Waals surface area contributed by atoms with Crippen molar-refractivity contribution in [2.75, 3.05) is 25.0 Å². The van der Waals surface area contributed by atoms with Crippen molar-refractivity contribution in [2.24, 2.45) is 7.05 Å². The van der Waals surface area contributed by atoms with Gasteiger partial charge in [0.1, 0.15) is 11.3 Å². The van der Waals surface area contributed by atoms with E-state index in [0.717, 1.165) is 35.4 Å². The third-order valence-electron chi connectivity index (χ3n) is 6.28. The topological polar surface area (TPSA) is 74.5 Å². The first-order valence-corrected chi connectivity index (χ1v) is 11.5. The molecule has 0 atom stereocenters. The van der Waals surface area contributed by atoms with Crippen LogP contribution in [0.2, 0.25) is 0 Å². The second kappa shape index (κ2) is 8.98. The van der Waals surface area contributed by atoms with Gasteiger partial charge in [-0.1, -0.05) is 19.1 Å². The van der Waals surface area contributed by atoms with Gasteiger partial charge in [0.25, 0.3) is 0 Å². The number of amides is 1. The lowest BCUT2D eigenvalue weighted by molar-refractivity contribution is -0.134. The number of pyridine rings is 1. The molecule has 1 amide bonds. The van der Waals surface area contributed by atoms with Gasteiger partial charge in [0.15, 0.2) is 0 Å². The number of aryl methyl sites for hydroxylation is 2. The maximum absolute atomic E-state index is 12.4. The highest BCUT2D eigenvalue weighted by Crippen LogP contribution is 2.32. The van der Waals surface area contributed by atoms with Crippen LogP contribution in [0, 0.1) is 0 Å². The SMILES string of the molecule is CCc1cc(C2=CCN(C(=O)CC(C)(C)O)CC2)ccc1N(C)c1cc2c(cn1)ncn2C. The zero-order valence-corrected chi connectivity index (χ0v) is 20.2. The summed E-state index contributed by atoms with van der Waals surface area (Å²) in [5, 5.41) is 9.94. The van der Waals surface area contributed by atoms with Crippen molar-refractivity contribution < 1.29 is 9.90 Å². The molecule has 3 aromatic rings. The minimum atomic E-state index is -0.977. The Labute approximate surface area is 195 Å². The van der Waals surface area contributed by atoms with Gasteiger partial charge in [0, 0.05) is 38.9 Å². The van der Waals surface area contributed by atoms with Crippen LogP contribution in [-0.2, 0) is 18.3 Å². The molecule has 1 aromatic carbocycles. The van der Waals surface area contributed by atoms with Crippen LogP contribution in [0.15, 0.2) is 42.9 Å².